The minimum absolute atomic E-state index is 0.0354. The van der Waals surface area contributed by atoms with Gasteiger partial charge in [0.15, 0.2) is 0 Å². The lowest BCUT2D eigenvalue weighted by molar-refractivity contribution is -0.143. The summed E-state index contributed by atoms with van der Waals surface area (Å²) >= 11 is 2.78. The number of aromatic nitrogens is 1. The number of phenols is 1. The maximum atomic E-state index is 13.7. The molecule has 2 aliphatic heterocycles. The minimum atomic E-state index is -0.502. The highest BCUT2D eigenvalue weighted by atomic mass is 32.2. The van der Waals surface area contributed by atoms with Crippen LogP contribution in [0.25, 0.3) is 0 Å². The first kappa shape index (κ1) is 27.0. The van der Waals surface area contributed by atoms with E-state index in [-0.39, 0.29) is 64.5 Å². The number of hydrogen-bond acceptors (Lipinski definition) is 9. The zero-order valence-electron chi connectivity index (χ0n) is 22.4. The second-order valence-corrected chi connectivity index (χ2v) is 13.4. The summed E-state index contributed by atoms with van der Waals surface area (Å²) in [5, 5.41) is 13.5. The molecular formula is C30H27N3O7S2. The highest BCUT2D eigenvalue weighted by Crippen LogP contribution is 2.68. The Balaban J connectivity index is 1.12. The third kappa shape index (κ3) is 4.18. The molecule has 2 saturated carbocycles. The summed E-state index contributed by atoms with van der Waals surface area (Å²) in [6, 6.07) is 13.2. The quantitative estimate of drug-likeness (QED) is 0.286. The number of thiazole rings is 1. The van der Waals surface area contributed by atoms with E-state index in [2.05, 4.69) is 10.3 Å². The molecular weight excluding hydrogens is 578 g/mol. The van der Waals surface area contributed by atoms with Gasteiger partial charge in [0.2, 0.25) is 17.7 Å². The summed E-state index contributed by atoms with van der Waals surface area (Å²) in [7, 11) is 0. The molecule has 0 radical (unpaired) electrons. The van der Waals surface area contributed by atoms with Gasteiger partial charge in [0, 0.05) is 21.7 Å². The predicted molar refractivity (Wildman–Crippen MR) is 154 cm³/mol. The molecule has 12 heteroatoms. The van der Waals surface area contributed by atoms with E-state index < -0.39 is 23.7 Å². The van der Waals surface area contributed by atoms with Gasteiger partial charge in [0.1, 0.15) is 12.3 Å². The lowest BCUT2D eigenvalue weighted by atomic mass is 9.68. The fraction of sp³-hybridized carbons (Fsp3) is 0.367. The van der Waals surface area contributed by atoms with Crippen LogP contribution in [0.4, 0.5) is 5.69 Å². The van der Waals surface area contributed by atoms with E-state index in [1.54, 1.807) is 43.0 Å². The SMILES string of the molecule is CCOC(=O)c1ccc(NC(=O)CN2C(=O)C3C4CC(C3C2=O)C2C(c3ccc(O)cc3)c3sc(=O)[nH]c3SC42)cc1. The third-order valence-corrected chi connectivity index (χ3v) is 11.6. The van der Waals surface area contributed by atoms with Crippen molar-refractivity contribution in [3.05, 3.63) is 74.2 Å². The van der Waals surface area contributed by atoms with E-state index in [0.29, 0.717) is 11.3 Å². The molecule has 7 unspecified atom stereocenters. The van der Waals surface area contributed by atoms with Crippen molar-refractivity contribution >= 4 is 52.5 Å². The first-order chi connectivity index (χ1) is 20.2. The number of thioether (sulfide) groups is 1. The molecule has 3 aromatic rings. The molecule has 3 amide bonds. The lowest BCUT2D eigenvalue weighted by Gasteiger charge is -2.43. The zero-order chi connectivity index (χ0) is 29.3. The number of likely N-dealkylation sites (tertiary alicyclic amines) is 1. The number of ether oxygens (including phenoxy) is 1. The maximum absolute atomic E-state index is 13.7. The highest BCUT2D eigenvalue weighted by molar-refractivity contribution is 8.00. The Labute approximate surface area is 248 Å². The molecule has 4 aliphatic rings. The van der Waals surface area contributed by atoms with E-state index >= 15 is 0 Å². The van der Waals surface area contributed by atoms with Crippen molar-refractivity contribution < 1.29 is 29.0 Å². The molecule has 3 heterocycles. The maximum Gasteiger partial charge on any atom is 0.338 e. The number of phenolic OH excluding ortho intramolecular Hbond substituents is 1. The van der Waals surface area contributed by atoms with Crippen molar-refractivity contribution in [3.8, 4) is 5.75 Å². The summed E-state index contributed by atoms with van der Waals surface area (Å²) < 4.78 is 4.98. The lowest BCUT2D eigenvalue weighted by Crippen LogP contribution is -2.42. The molecule has 42 heavy (non-hydrogen) atoms. The van der Waals surface area contributed by atoms with E-state index in [9.17, 15) is 29.1 Å². The summed E-state index contributed by atoms with van der Waals surface area (Å²) in [6.07, 6.45) is 0.746. The molecule has 1 saturated heterocycles. The van der Waals surface area contributed by atoms with Gasteiger partial charge in [-0.15, -0.1) is 11.8 Å². The Hall–Kier alpha value is -3.90. The Morgan fingerprint density at radius 2 is 1.71 bits per heavy atom. The number of fused-ring (bicyclic) bond motifs is 9. The van der Waals surface area contributed by atoms with Crippen LogP contribution in [-0.4, -0.2) is 57.1 Å². The van der Waals surface area contributed by atoms with Gasteiger partial charge in [-0.1, -0.05) is 23.5 Å². The first-order valence-corrected chi connectivity index (χ1v) is 15.6. The monoisotopic (exact) mass is 605 g/mol. The summed E-state index contributed by atoms with van der Waals surface area (Å²) in [4.78, 5) is 69.5. The number of benzene rings is 2. The van der Waals surface area contributed by atoms with Gasteiger partial charge in [0.25, 0.3) is 0 Å². The highest BCUT2D eigenvalue weighted by Gasteiger charge is 2.69. The predicted octanol–water partition coefficient (Wildman–Crippen LogP) is 3.43. The van der Waals surface area contributed by atoms with E-state index in [0.717, 1.165) is 26.8 Å². The van der Waals surface area contributed by atoms with Gasteiger partial charge in [0.05, 0.1) is 29.0 Å². The molecule has 216 valence electrons. The van der Waals surface area contributed by atoms with Gasteiger partial charge in [-0.2, -0.15) is 0 Å². The molecule has 10 nitrogen and oxygen atoms in total. The Morgan fingerprint density at radius 3 is 2.40 bits per heavy atom. The number of aromatic amines is 1. The number of hydrogen-bond donors (Lipinski definition) is 3. The Bertz CT molecular complexity index is 1660. The number of imide groups is 1. The van der Waals surface area contributed by atoms with Crippen molar-refractivity contribution in [3.63, 3.8) is 0 Å². The van der Waals surface area contributed by atoms with Crippen LogP contribution in [0.3, 0.4) is 0 Å². The molecule has 7 rings (SSSR count). The Morgan fingerprint density at radius 1 is 1.02 bits per heavy atom. The smallest absolute Gasteiger partial charge is 0.338 e. The number of carbonyl (C=O) groups is 4. The van der Waals surface area contributed by atoms with E-state index in [1.165, 1.54) is 23.5 Å². The van der Waals surface area contributed by atoms with Crippen molar-refractivity contribution in [2.45, 2.75) is 29.5 Å². The van der Waals surface area contributed by atoms with E-state index in [4.69, 9.17) is 4.74 Å². The third-order valence-electron chi connectivity index (χ3n) is 9.05. The number of nitrogens with one attached hydrogen (secondary N) is 2. The van der Waals surface area contributed by atoms with Crippen molar-refractivity contribution in [1.29, 1.82) is 0 Å². The number of amides is 3. The molecule has 3 fully saturated rings. The molecule has 1 aromatic heterocycles. The summed E-state index contributed by atoms with van der Waals surface area (Å²) in [5.74, 6) is -2.64. The number of carbonyl (C=O) groups excluding carboxylic acids is 4. The normalized spacial score (nSPS) is 28.8. The molecule has 2 bridgehead atoms. The largest absolute Gasteiger partial charge is 0.508 e. The van der Waals surface area contributed by atoms with Gasteiger partial charge in [-0.05, 0) is 73.1 Å². The number of rotatable bonds is 6. The van der Waals surface area contributed by atoms with E-state index in [1.807, 2.05) is 12.1 Å². The average molecular weight is 606 g/mol. The number of aromatic hydroxyl groups is 1. The fourth-order valence-electron chi connectivity index (χ4n) is 7.54. The number of anilines is 1. The summed E-state index contributed by atoms with van der Waals surface area (Å²) in [5.41, 5.74) is 1.75. The van der Waals surface area contributed by atoms with Crippen LogP contribution < -0.4 is 10.2 Å². The van der Waals surface area contributed by atoms with Crippen LogP contribution in [0.1, 0.15) is 40.1 Å². The summed E-state index contributed by atoms with van der Waals surface area (Å²) in [6.45, 7) is 1.59. The van der Waals surface area contributed by atoms with Crippen LogP contribution in [0, 0.1) is 29.6 Å². The molecule has 7 atom stereocenters. The minimum Gasteiger partial charge on any atom is -0.508 e. The second-order valence-electron chi connectivity index (χ2n) is 11.2. The first-order valence-electron chi connectivity index (χ1n) is 13.9. The van der Waals surface area contributed by atoms with Gasteiger partial charge < -0.3 is 20.1 Å². The number of H-pyrrole nitrogens is 1. The van der Waals surface area contributed by atoms with Crippen LogP contribution >= 0.6 is 23.1 Å². The topological polar surface area (TPSA) is 146 Å². The van der Waals surface area contributed by atoms with Crippen molar-refractivity contribution in [1.82, 2.24) is 9.88 Å². The van der Waals surface area contributed by atoms with Crippen LogP contribution in [-0.2, 0) is 19.1 Å². The van der Waals surface area contributed by atoms with Crippen molar-refractivity contribution in [2.75, 3.05) is 18.5 Å². The zero-order valence-corrected chi connectivity index (χ0v) is 24.1. The number of nitrogens with zero attached hydrogens (tertiary/aromatic N) is 1. The molecule has 2 aromatic carbocycles. The average Bonchev–Trinajstić information content (AvgIpc) is 3.70. The molecule has 3 N–H and O–H groups in total. The van der Waals surface area contributed by atoms with Gasteiger partial charge >= 0.3 is 10.8 Å². The van der Waals surface area contributed by atoms with Crippen LogP contribution in [0.5, 0.6) is 5.75 Å². The standard InChI is InChI=1S/C30H27N3O7S2/c1-2-40-29(38)14-3-7-15(8-4-14)31-19(35)12-33-27(36)22-17-11-18(23(22)28(33)37)24-21(17)20(13-5-9-16(34)10-6-13)25-26(41-24)32-30(39)42-25/h3-10,17-18,20-24,34H,2,11-12H2,1H3,(H,31,35)(H,32,39). The molecule has 0 spiro atoms. The van der Waals surface area contributed by atoms with Crippen molar-refractivity contribution in [2.24, 2.45) is 29.6 Å². The van der Waals surface area contributed by atoms with Gasteiger partial charge in [-0.3, -0.25) is 24.1 Å². The van der Waals surface area contributed by atoms with Crippen LogP contribution in [0.2, 0.25) is 0 Å². The second kappa shape index (κ2) is 10.1. The fourth-order valence-corrected chi connectivity index (χ4v) is 10.4. The molecule has 2 aliphatic carbocycles. The number of esters is 1. The van der Waals surface area contributed by atoms with Gasteiger partial charge in [-0.25, -0.2) is 4.79 Å². The van der Waals surface area contributed by atoms with Crippen LogP contribution in [0.15, 0.2) is 58.4 Å². The Kier molecular flexibility index (Phi) is 6.50.